The fraction of sp³-hybridized carbons (Fsp3) is 0.200. The Kier molecular flexibility index (Phi) is 1.99. The van der Waals surface area contributed by atoms with Gasteiger partial charge in [0.05, 0.1) is 6.26 Å². The summed E-state index contributed by atoms with van der Waals surface area (Å²) in [5, 5.41) is 8.03. The second kappa shape index (κ2) is 2.34. The topological polar surface area (TPSA) is 20.2 Å². The summed E-state index contributed by atoms with van der Waals surface area (Å²) in [5.41, 5.74) is 0.551. The average molecular weight is 82.1 g/mol. The second-order valence-electron chi connectivity index (χ2n) is 0.956. The van der Waals surface area contributed by atoms with Crippen LogP contribution in [0.15, 0.2) is 11.8 Å². The van der Waals surface area contributed by atoms with Gasteiger partial charge in [0.2, 0.25) is 0 Å². The molecule has 0 aromatic carbocycles. The molecule has 0 unspecified atom stereocenters. The molecule has 32 valence electrons. The van der Waals surface area contributed by atoms with E-state index in [2.05, 4.69) is 5.92 Å². The minimum atomic E-state index is 0.551. The van der Waals surface area contributed by atoms with E-state index in [1.54, 1.807) is 6.92 Å². The molecule has 0 rings (SSSR count). The van der Waals surface area contributed by atoms with Crippen molar-refractivity contribution in [2.24, 2.45) is 0 Å². The quantitative estimate of drug-likeness (QED) is 0.342. The molecular formula is C5H6O. The Morgan fingerprint density at radius 2 is 2.50 bits per heavy atom. The van der Waals surface area contributed by atoms with Crippen molar-refractivity contribution < 1.29 is 5.11 Å². The number of hydrogen-bond acceptors (Lipinski definition) is 1. The van der Waals surface area contributed by atoms with Gasteiger partial charge in [-0.25, -0.2) is 0 Å². The molecule has 6 heavy (non-hydrogen) atoms. The Morgan fingerprint density at radius 3 is 2.50 bits per heavy atom. The zero-order valence-electron chi connectivity index (χ0n) is 3.60. The molecule has 0 aliphatic carbocycles. The number of hydrogen-bond donors (Lipinski definition) is 1. The van der Waals surface area contributed by atoms with E-state index < -0.39 is 0 Å². The van der Waals surface area contributed by atoms with Crippen molar-refractivity contribution in [3.63, 3.8) is 0 Å². The van der Waals surface area contributed by atoms with Crippen LogP contribution in [-0.4, -0.2) is 5.11 Å². The Hall–Kier alpha value is -0.900. The predicted molar refractivity (Wildman–Crippen MR) is 25.2 cm³/mol. The van der Waals surface area contributed by atoms with Gasteiger partial charge in [-0.05, 0) is 6.92 Å². The third kappa shape index (κ3) is 1.42. The van der Waals surface area contributed by atoms with Crippen LogP contribution in [0.1, 0.15) is 6.92 Å². The van der Waals surface area contributed by atoms with Crippen LogP contribution in [0.3, 0.4) is 0 Å². The molecule has 0 heterocycles. The van der Waals surface area contributed by atoms with Gasteiger partial charge in [-0.3, -0.25) is 0 Å². The molecule has 1 nitrogen and oxygen atoms in total. The molecule has 1 N–H and O–H groups in total. The van der Waals surface area contributed by atoms with E-state index in [-0.39, 0.29) is 0 Å². The summed E-state index contributed by atoms with van der Waals surface area (Å²) in [4.78, 5) is 0. The van der Waals surface area contributed by atoms with E-state index in [0.717, 1.165) is 6.26 Å². The van der Waals surface area contributed by atoms with Crippen LogP contribution in [0.25, 0.3) is 0 Å². The van der Waals surface area contributed by atoms with E-state index in [4.69, 9.17) is 11.5 Å². The van der Waals surface area contributed by atoms with Gasteiger partial charge in [-0.1, -0.05) is 5.92 Å². The van der Waals surface area contributed by atoms with Gasteiger partial charge in [0.1, 0.15) is 0 Å². The first-order valence-corrected chi connectivity index (χ1v) is 1.59. The first-order valence-electron chi connectivity index (χ1n) is 1.59. The fourth-order valence-corrected chi connectivity index (χ4v) is 0.0373. The van der Waals surface area contributed by atoms with Gasteiger partial charge in [0, 0.05) is 5.57 Å². The van der Waals surface area contributed by atoms with Gasteiger partial charge in [-0.2, -0.15) is 0 Å². The molecule has 0 aliphatic rings. The zero-order valence-corrected chi connectivity index (χ0v) is 3.60. The summed E-state index contributed by atoms with van der Waals surface area (Å²) in [6.45, 7) is 1.65. The Bertz CT molecular complexity index is 95.0. The van der Waals surface area contributed by atoms with E-state index in [0.29, 0.717) is 5.57 Å². The van der Waals surface area contributed by atoms with Crippen LogP contribution in [-0.2, 0) is 0 Å². The highest BCUT2D eigenvalue weighted by atomic mass is 16.2. The third-order valence-electron chi connectivity index (χ3n) is 0.421. The van der Waals surface area contributed by atoms with Crippen molar-refractivity contribution >= 4 is 0 Å². The SMILES string of the molecule is C#CC(C)=CO. The molecule has 0 saturated heterocycles. The molecule has 0 saturated carbocycles. The van der Waals surface area contributed by atoms with Crippen LogP contribution >= 0.6 is 0 Å². The lowest BCUT2D eigenvalue weighted by Gasteiger charge is -1.73. The van der Waals surface area contributed by atoms with Crippen LogP contribution in [0.2, 0.25) is 0 Å². The van der Waals surface area contributed by atoms with E-state index in [9.17, 15) is 0 Å². The van der Waals surface area contributed by atoms with Gasteiger partial charge in [-0.15, -0.1) is 6.42 Å². The van der Waals surface area contributed by atoms with Crippen molar-refractivity contribution in [2.45, 2.75) is 6.92 Å². The summed E-state index contributed by atoms with van der Waals surface area (Å²) in [7, 11) is 0. The average Bonchev–Trinajstić information content (AvgIpc) is 1.65. The molecule has 0 aliphatic heterocycles. The van der Waals surface area contributed by atoms with Gasteiger partial charge < -0.3 is 5.11 Å². The number of aliphatic hydroxyl groups excluding tert-OH is 1. The number of allylic oxidation sites excluding steroid dienone is 1. The molecule has 0 fully saturated rings. The van der Waals surface area contributed by atoms with Crippen molar-refractivity contribution in [3.8, 4) is 12.3 Å². The maximum atomic E-state index is 8.03. The molecule has 0 bridgehead atoms. The largest absolute Gasteiger partial charge is 0.515 e. The van der Waals surface area contributed by atoms with Crippen LogP contribution in [0, 0.1) is 12.3 Å². The number of rotatable bonds is 0. The minimum Gasteiger partial charge on any atom is -0.515 e. The molecular weight excluding hydrogens is 76.1 g/mol. The molecule has 1 heteroatoms. The Balaban J connectivity index is 3.61. The van der Waals surface area contributed by atoms with Crippen LogP contribution < -0.4 is 0 Å². The van der Waals surface area contributed by atoms with Crippen molar-refractivity contribution in [2.75, 3.05) is 0 Å². The maximum absolute atomic E-state index is 8.03. The smallest absolute Gasteiger partial charge is 0.0904 e. The van der Waals surface area contributed by atoms with Crippen molar-refractivity contribution in [1.82, 2.24) is 0 Å². The lowest BCUT2D eigenvalue weighted by molar-refractivity contribution is 0.469. The first kappa shape index (κ1) is 5.10. The molecule has 0 spiro atoms. The summed E-state index contributed by atoms with van der Waals surface area (Å²) < 4.78 is 0. The zero-order chi connectivity index (χ0) is 4.99. The summed E-state index contributed by atoms with van der Waals surface area (Å²) in [6, 6.07) is 0. The van der Waals surface area contributed by atoms with Gasteiger partial charge >= 0.3 is 0 Å². The molecule has 0 atom stereocenters. The second-order valence-corrected chi connectivity index (χ2v) is 0.956. The highest BCUT2D eigenvalue weighted by Crippen LogP contribution is 1.81. The van der Waals surface area contributed by atoms with E-state index in [1.165, 1.54) is 0 Å². The fourth-order valence-electron chi connectivity index (χ4n) is 0.0373. The maximum Gasteiger partial charge on any atom is 0.0904 e. The first-order chi connectivity index (χ1) is 2.81. The summed E-state index contributed by atoms with van der Waals surface area (Å²) in [6.07, 6.45) is 5.71. The standard InChI is InChI=1S/C5H6O/c1-3-5(2)4-6/h1,4,6H,2H3. The third-order valence-corrected chi connectivity index (χ3v) is 0.421. The van der Waals surface area contributed by atoms with Gasteiger partial charge in [0.25, 0.3) is 0 Å². The normalized spacial score (nSPS) is 10.3. The van der Waals surface area contributed by atoms with Crippen molar-refractivity contribution in [1.29, 1.82) is 0 Å². The van der Waals surface area contributed by atoms with Crippen LogP contribution in [0.4, 0.5) is 0 Å². The number of aliphatic hydroxyl groups is 1. The van der Waals surface area contributed by atoms with E-state index >= 15 is 0 Å². The summed E-state index contributed by atoms with van der Waals surface area (Å²) in [5.74, 6) is 2.23. The minimum absolute atomic E-state index is 0.551. The monoisotopic (exact) mass is 82.0 g/mol. The van der Waals surface area contributed by atoms with E-state index in [1.807, 2.05) is 0 Å². The Morgan fingerprint density at radius 1 is 2.00 bits per heavy atom. The lowest BCUT2D eigenvalue weighted by atomic mass is 10.4. The number of terminal acetylenes is 1. The molecule has 0 radical (unpaired) electrons. The Labute approximate surface area is 37.3 Å². The molecule has 0 amide bonds. The highest BCUT2D eigenvalue weighted by Gasteiger charge is 1.69. The molecule has 0 aromatic rings. The van der Waals surface area contributed by atoms with Crippen LogP contribution in [0.5, 0.6) is 0 Å². The lowest BCUT2D eigenvalue weighted by Crippen LogP contribution is -1.61. The van der Waals surface area contributed by atoms with Gasteiger partial charge in [0.15, 0.2) is 0 Å². The van der Waals surface area contributed by atoms with Crippen molar-refractivity contribution in [3.05, 3.63) is 11.8 Å². The summed E-state index contributed by atoms with van der Waals surface area (Å²) >= 11 is 0. The molecule has 0 aromatic heterocycles. The predicted octanol–water partition coefficient (Wildman–Crippen LogP) is 1.08. The highest BCUT2D eigenvalue weighted by molar-refractivity contribution is 5.19.